The Morgan fingerprint density at radius 3 is 2.71 bits per heavy atom. The van der Waals surface area contributed by atoms with Crippen LogP contribution in [0.3, 0.4) is 0 Å². The molecule has 2 rings (SSSR count). The number of thiazole rings is 1. The molecule has 0 atom stereocenters. The van der Waals surface area contributed by atoms with Crippen LogP contribution >= 0.6 is 11.3 Å². The predicted octanol–water partition coefficient (Wildman–Crippen LogP) is 3.55. The minimum Gasteiger partial charge on any atom is -0.490 e. The normalized spacial score (nSPS) is 11.2. The van der Waals surface area contributed by atoms with E-state index in [2.05, 4.69) is 10.3 Å². The van der Waals surface area contributed by atoms with Crippen LogP contribution in [0.5, 0.6) is 5.75 Å². The van der Waals surface area contributed by atoms with Crippen LogP contribution in [0.4, 0.5) is 15.8 Å². The van der Waals surface area contributed by atoms with Gasteiger partial charge in [0.05, 0.1) is 29.3 Å². The van der Waals surface area contributed by atoms with Crippen LogP contribution in [0.15, 0.2) is 23.7 Å². The molecule has 8 heteroatoms. The van der Waals surface area contributed by atoms with E-state index >= 15 is 0 Å². The van der Waals surface area contributed by atoms with Gasteiger partial charge in [0.2, 0.25) is 0 Å². The maximum absolute atomic E-state index is 14.1. The highest BCUT2D eigenvalue weighted by Gasteiger charge is 2.26. The van der Waals surface area contributed by atoms with Crippen molar-refractivity contribution < 1.29 is 14.1 Å². The van der Waals surface area contributed by atoms with E-state index in [0.717, 1.165) is 11.1 Å². The van der Waals surface area contributed by atoms with Crippen LogP contribution in [0.1, 0.15) is 18.9 Å². The van der Waals surface area contributed by atoms with Gasteiger partial charge in [0.15, 0.2) is 11.6 Å². The number of hydrogen-bond acceptors (Lipinski definition) is 6. The molecule has 0 amide bonds. The van der Waals surface area contributed by atoms with Gasteiger partial charge in [-0.1, -0.05) is 0 Å². The second-order valence-corrected chi connectivity index (χ2v) is 5.74. The molecular formula is C13H14FN3O3S. The summed E-state index contributed by atoms with van der Waals surface area (Å²) in [5.74, 6) is -0.717. The number of hydrogen-bond donors (Lipinski definition) is 1. The lowest BCUT2D eigenvalue weighted by molar-refractivity contribution is -0.385. The summed E-state index contributed by atoms with van der Waals surface area (Å²) in [7, 11) is 1.30. The zero-order valence-electron chi connectivity index (χ0n) is 11.7. The third kappa shape index (κ3) is 3.10. The number of benzene rings is 1. The first-order valence-corrected chi connectivity index (χ1v) is 6.93. The van der Waals surface area contributed by atoms with Gasteiger partial charge in [0.25, 0.3) is 0 Å². The number of nitro benzene ring substituents is 1. The summed E-state index contributed by atoms with van der Waals surface area (Å²) in [5, 5.41) is 16.4. The molecular weight excluding hydrogens is 297 g/mol. The molecule has 21 heavy (non-hydrogen) atoms. The summed E-state index contributed by atoms with van der Waals surface area (Å²) in [4.78, 5) is 14.4. The zero-order valence-corrected chi connectivity index (χ0v) is 12.5. The fourth-order valence-corrected chi connectivity index (χ4v) is 2.59. The van der Waals surface area contributed by atoms with Gasteiger partial charge in [0, 0.05) is 17.6 Å². The van der Waals surface area contributed by atoms with Gasteiger partial charge in [-0.15, -0.1) is 11.3 Å². The zero-order chi connectivity index (χ0) is 15.6. The monoisotopic (exact) mass is 311 g/mol. The smallest absolute Gasteiger partial charge is 0.313 e. The number of anilines is 1. The standard InChI is InChI=1S/C13H14FN3O3S/c1-13(2,12-15-4-5-21-12)16-9-7-11(20-3)10(17(18)19)6-8(9)14/h4-7,16H,1-3H3. The van der Waals surface area contributed by atoms with E-state index in [-0.39, 0.29) is 11.4 Å². The Balaban J connectivity index is 2.39. The number of rotatable bonds is 5. The molecule has 0 bridgehead atoms. The van der Waals surface area contributed by atoms with Crippen LogP contribution in [0.2, 0.25) is 0 Å². The Bertz CT molecular complexity index is 659. The molecule has 1 aromatic heterocycles. The summed E-state index contributed by atoms with van der Waals surface area (Å²) in [6.07, 6.45) is 1.66. The van der Waals surface area contributed by atoms with Gasteiger partial charge < -0.3 is 10.1 Å². The Morgan fingerprint density at radius 2 is 2.19 bits per heavy atom. The molecule has 0 spiro atoms. The summed E-state index contributed by atoms with van der Waals surface area (Å²) in [5.41, 5.74) is -0.902. The van der Waals surface area contributed by atoms with Crippen LogP contribution in [0.25, 0.3) is 0 Å². The molecule has 112 valence electrons. The van der Waals surface area contributed by atoms with Crippen molar-refractivity contribution in [3.63, 3.8) is 0 Å². The average Bonchev–Trinajstić information content (AvgIpc) is 2.95. The highest BCUT2D eigenvalue weighted by Crippen LogP contribution is 2.35. The topological polar surface area (TPSA) is 77.3 Å². The lowest BCUT2D eigenvalue weighted by atomic mass is 10.1. The fourth-order valence-electron chi connectivity index (χ4n) is 1.87. The maximum atomic E-state index is 14.1. The largest absolute Gasteiger partial charge is 0.490 e. The average molecular weight is 311 g/mol. The summed E-state index contributed by atoms with van der Waals surface area (Å²) < 4.78 is 19.0. The van der Waals surface area contributed by atoms with E-state index in [0.29, 0.717) is 0 Å². The van der Waals surface area contributed by atoms with Gasteiger partial charge >= 0.3 is 5.69 Å². The molecule has 0 saturated heterocycles. The Hall–Kier alpha value is -2.22. The van der Waals surface area contributed by atoms with Crippen LogP contribution in [-0.2, 0) is 5.54 Å². The lowest BCUT2D eigenvalue weighted by Gasteiger charge is -2.25. The van der Waals surface area contributed by atoms with Gasteiger partial charge in [-0.05, 0) is 13.8 Å². The predicted molar refractivity (Wildman–Crippen MR) is 78.4 cm³/mol. The second-order valence-electron chi connectivity index (χ2n) is 4.85. The molecule has 0 saturated carbocycles. The van der Waals surface area contributed by atoms with E-state index in [1.54, 1.807) is 6.20 Å². The molecule has 1 aromatic carbocycles. The first-order chi connectivity index (χ1) is 9.85. The minimum absolute atomic E-state index is 0.00108. The van der Waals surface area contributed by atoms with Crippen molar-refractivity contribution in [3.8, 4) is 5.75 Å². The number of methoxy groups -OCH3 is 1. The van der Waals surface area contributed by atoms with E-state index in [1.807, 2.05) is 19.2 Å². The molecule has 2 aromatic rings. The molecule has 0 aliphatic rings. The number of aromatic nitrogens is 1. The van der Waals surface area contributed by atoms with Crippen LogP contribution < -0.4 is 10.1 Å². The van der Waals surface area contributed by atoms with E-state index < -0.39 is 22.0 Å². The Kier molecular flexibility index (Phi) is 4.08. The van der Waals surface area contributed by atoms with E-state index in [1.165, 1.54) is 24.5 Å². The third-order valence-corrected chi connectivity index (χ3v) is 3.98. The molecule has 0 aliphatic carbocycles. The van der Waals surface area contributed by atoms with Crippen molar-refractivity contribution in [1.29, 1.82) is 0 Å². The maximum Gasteiger partial charge on any atom is 0.313 e. The minimum atomic E-state index is -0.716. The van der Waals surface area contributed by atoms with Gasteiger partial charge in [0.1, 0.15) is 5.01 Å². The molecule has 0 unspecified atom stereocenters. The fraction of sp³-hybridized carbons (Fsp3) is 0.308. The molecule has 0 aliphatic heterocycles. The number of nitrogens with zero attached hydrogens (tertiary/aromatic N) is 2. The number of nitrogens with one attached hydrogen (secondary N) is 1. The quantitative estimate of drug-likeness (QED) is 0.675. The van der Waals surface area contributed by atoms with Crippen molar-refractivity contribution in [2.75, 3.05) is 12.4 Å². The highest BCUT2D eigenvalue weighted by atomic mass is 32.1. The molecule has 1 heterocycles. The molecule has 1 N–H and O–H groups in total. The summed E-state index contributed by atoms with van der Waals surface area (Å²) in [6, 6.07) is 2.13. The van der Waals surface area contributed by atoms with E-state index in [4.69, 9.17) is 4.74 Å². The summed E-state index contributed by atoms with van der Waals surface area (Å²) in [6.45, 7) is 3.69. The number of nitro groups is 1. The summed E-state index contributed by atoms with van der Waals surface area (Å²) >= 11 is 1.44. The first-order valence-electron chi connectivity index (χ1n) is 6.05. The SMILES string of the molecule is COc1cc(NC(C)(C)c2nccs2)c(F)cc1[N+](=O)[O-]. The van der Waals surface area contributed by atoms with Gasteiger partial charge in [-0.2, -0.15) is 0 Å². The number of halogens is 1. The molecule has 0 fully saturated rings. The first kappa shape index (κ1) is 15.2. The molecule has 0 radical (unpaired) electrons. The van der Waals surface area contributed by atoms with Crippen molar-refractivity contribution in [2.24, 2.45) is 0 Å². The third-order valence-electron chi connectivity index (χ3n) is 2.88. The van der Waals surface area contributed by atoms with Gasteiger partial charge in [-0.3, -0.25) is 10.1 Å². The Morgan fingerprint density at radius 1 is 1.48 bits per heavy atom. The highest BCUT2D eigenvalue weighted by molar-refractivity contribution is 7.09. The van der Waals surface area contributed by atoms with Gasteiger partial charge in [-0.25, -0.2) is 9.37 Å². The van der Waals surface area contributed by atoms with Crippen molar-refractivity contribution in [1.82, 2.24) is 4.98 Å². The van der Waals surface area contributed by atoms with E-state index in [9.17, 15) is 14.5 Å². The molecule has 6 nitrogen and oxygen atoms in total. The van der Waals surface area contributed by atoms with Crippen LogP contribution in [-0.4, -0.2) is 17.0 Å². The van der Waals surface area contributed by atoms with Crippen LogP contribution in [0, 0.1) is 15.9 Å². The Labute approximate surface area is 124 Å². The number of ether oxygens (including phenoxy) is 1. The second kappa shape index (κ2) is 5.65. The van der Waals surface area contributed by atoms with Crippen molar-refractivity contribution in [2.45, 2.75) is 19.4 Å². The van der Waals surface area contributed by atoms with Crippen molar-refractivity contribution in [3.05, 3.63) is 44.6 Å². The lowest BCUT2D eigenvalue weighted by Crippen LogP contribution is -2.28. The van der Waals surface area contributed by atoms with Crippen molar-refractivity contribution >= 4 is 22.7 Å².